The van der Waals surface area contributed by atoms with Crippen LogP contribution < -0.4 is 0 Å². The second-order valence-corrected chi connectivity index (χ2v) is 7.73. The average molecular weight is 374 g/mol. The summed E-state index contributed by atoms with van der Waals surface area (Å²) < 4.78 is 42.0. The molecule has 0 unspecified atom stereocenters. The summed E-state index contributed by atoms with van der Waals surface area (Å²) in [5, 5.41) is 6.70. The van der Waals surface area contributed by atoms with Gasteiger partial charge in [-0.3, -0.25) is 4.79 Å². The van der Waals surface area contributed by atoms with Crippen LogP contribution in [-0.4, -0.2) is 42.2 Å². The predicted octanol–water partition coefficient (Wildman–Crippen LogP) is 2.24. The van der Waals surface area contributed by atoms with Crippen molar-refractivity contribution in [1.29, 1.82) is 0 Å². The summed E-state index contributed by atoms with van der Waals surface area (Å²) >= 11 is 5.94. The van der Waals surface area contributed by atoms with E-state index in [1.54, 1.807) is 0 Å². The molecule has 0 bridgehead atoms. The first-order chi connectivity index (χ1) is 11.3. The van der Waals surface area contributed by atoms with Crippen LogP contribution in [0.5, 0.6) is 0 Å². The van der Waals surface area contributed by atoms with Gasteiger partial charge in [0.15, 0.2) is 0 Å². The van der Waals surface area contributed by atoms with Crippen LogP contribution in [0.2, 0.25) is 5.02 Å². The van der Waals surface area contributed by atoms with E-state index >= 15 is 0 Å². The van der Waals surface area contributed by atoms with Gasteiger partial charge in [-0.2, -0.15) is 0 Å². The fourth-order valence-corrected chi connectivity index (χ4v) is 3.29. The summed E-state index contributed by atoms with van der Waals surface area (Å²) in [6.45, 7) is 0.352. The van der Waals surface area contributed by atoms with Crippen LogP contribution in [0.25, 0.3) is 0 Å². The van der Waals surface area contributed by atoms with Crippen LogP contribution in [-0.2, 0) is 9.84 Å². The molecule has 1 aliphatic heterocycles. The quantitative estimate of drug-likeness (QED) is 0.819. The van der Waals surface area contributed by atoms with Gasteiger partial charge in [0, 0.05) is 12.8 Å². The van der Waals surface area contributed by atoms with Crippen molar-refractivity contribution in [2.75, 3.05) is 12.8 Å². The number of rotatable bonds is 3. The monoisotopic (exact) mass is 373 g/mol. The zero-order valence-electron chi connectivity index (χ0n) is 12.6. The van der Waals surface area contributed by atoms with Crippen LogP contribution in [0.4, 0.5) is 4.39 Å². The number of carbonyl (C=O) groups is 1. The number of likely N-dealkylation sites (tertiary alicyclic amines) is 1. The molecule has 1 amide bonds. The van der Waals surface area contributed by atoms with Gasteiger partial charge in [-0.1, -0.05) is 22.8 Å². The Morgan fingerprint density at radius 3 is 2.79 bits per heavy atom. The largest absolute Gasteiger partial charge is 0.410 e. The number of nitrogens with zero attached hydrogens (tertiary/aromatic N) is 3. The van der Waals surface area contributed by atoms with Crippen molar-refractivity contribution in [2.24, 2.45) is 0 Å². The van der Waals surface area contributed by atoms with E-state index in [9.17, 15) is 17.6 Å². The lowest BCUT2D eigenvalue weighted by Gasteiger charge is -2.22. The van der Waals surface area contributed by atoms with Gasteiger partial charge in [0.2, 0.25) is 15.7 Å². The number of hydrogen-bond donors (Lipinski definition) is 0. The fourth-order valence-electron chi connectivity index (χ4n) is 2.62. The zero-order valence-corrected chi connectivity index (χ0v) is 14.1. The summed E-state index contributed by atoms with van der Waals surface area (Å²) in [6.07, 6.45) is 2.09. The van der Waals surface area contributed by atoms with Crippen LogP contribution in [0.1, 0.15) is 35.1 Å². The molecule has 1 fully saturated rings. The number of sulfone groups is 1. The Bertz CT molecular complexity index is 879. The van der Waals surface area contributed by atoms with Crippen molar-refractivity contribution in [3.05, 3.63) is 40.5 Å². The molecule has 1 aromatic heterocycles. The number of amides is 1. The first-order valence-corrected chi connectivity index (χ1v) is 9.34. The number of hydrogen-bond acceptors (Lipinski definition) is 6. The van der Waals surface area contributed by atoms with Crippen LogP contribution in [0.15, 0.2) is 27.8 Å². The first-order valence-electron chi connectivity index (χ1n) is 7.07. The first kappa shape index (κ1) is 16.8. The van der Waals surface area contributed by atoms with E-state index in [0.29, 0.717) is 19.4 Å². The van der Waals surface area contributed by atoms with Crippen molar-refractivity contribution in [3.63, 3.8) is 0 Å². The Balaban J connectivity index is 1.94. The van der Waals surface area contributed by atoms with Crippen LogP contribution in [0.3, 0.4) is 0 Å². The lowest BCUT2D eigenvalue weighted by molar-refractivity contribution is 0.0708. The molecule has 0 radical (unpaired) electrons. The van der Waals surface area contributed by atoms with Gasteiger partial charge in [-0.15, -0.1) is 5.10 Å². The van der Waals surface area contributed by atoms with Gasteiger partial charge >= 0.3 is 5.22 Å². The fraction of sp³-hybridized carbons (Fsp3) is 0.357. The van der Waals surface area contributed by atoms with E-state index < -0.39 is 32.8 Å². The van der Waals surface area contributed by atoms with E-state index in [1.165, 1.54) is 17.0 Å². The molecule has 3 rings (SSSR count). The SMILES string of the molecule is CS(=O)(=O)c1nnc([C@@H]2CCCN2C(=O)c2c(F)cccc2Cl)o1. The summed E-state index contributed by atoms with van der Waals surface area (Å²) in [5.74, 6) is -1.31. The van der Waals surface area contributed by atoms with Crippen molar-refractivity contribution in [3.8, 4) is 0 Å². The second-order valence-electron chi connectivity index (χ2n) is 5.43. The highest BCUT2D eigenvalue weighted by atomic mass is 35.5. The Kier molecular flexibility index (Phi) is 4.31. The molecule has 128 valence electrons. The van der Waals surface area contributed by atoms with E-state index in [0.717, 1.165) is 12.3 Å². The molecule has 1 aliphatic rings. The lowest BCUT2D eigenvalue weighted by Crippen LogP contribution is -2.31. The Hall–Kier alpha value is -2.00. The highest BCUT2D eigenvalue weighted by Crippen LogP contribution is 2.34. The third-order valence-electron chi connectivity index (χ3n) is 3.71. The highest BCUT2D eigenvalue weighted by molar-refractivity contribution is 7.90. The molecular weight excluding hydrogens is 361 g/mol. The van der Waals surface area contributed by atoms with Gasteiger partial charge < -0.3 is 9.32 Å². The van der Waals surface area contributed by atoms with Crippen LogP contribution in [0, 0.1) is 5.82 Å². The molecule has 0 spiro atoms. The maximum atomic E-state index is 14.0. The van der Waals surface area contributed by atoms with Crippen molar-refractivity contribution >= 4 is 27.3 Å². The molecule has 0 saturated carbocycles. The van der Waals surface area contributed by atoms with E-state index in [1.807, 2.05) is 0 Å². The minimum absolute atomic E-state index is 0.00741. The van der Waals surface area contributed by atoms with Crippen LogP contribution >= 0.6 is 11.6 Å². The number of halogens is 2. The van der Waals surface area contributed by atoms with Gasteiger partial charge in [0.25, 0.3) is 5.91 Å². The molecule has 1 saturated heterocycles. The normalized spacial score (nSPS) is 18.1. The van der Waals surface area contributed by atoms with Gasteiger partial charge in [-0.25, -0.2) is 12.8 Å². The van der Waals surface area contributed by atoms with Crippen molar-refractivity contribution < 1.29 is 22.0 Å². The minimum atomic E-state index is -3.64. The lowest BCUT2D eigenvalue weighted by atomic mass is 10.1. The molecule has 0 N–H and O–H groups in total. The minimum Gasteiger partial charge on any atom is -0.410 e. The molecule has 1 aromatic carbocycles. The summed E-state index contributed by atoms with van der Waals surface area (Å²) in [4.78, 5) is 14.0. The molecule has 24 heavy (non-hydrogen) atoms. The van der Waals surface area contributed by atoms with Crippen molar-refractivity contribution in [1.82, 2.24) is 15.1 Å². The van der Waals surface area contributed by atoms with Gasteiger partial charge in [0.05, 0.1) is 10.6 Å². The third kappa shape index (κ3) is 3.01. The maximum absolute atomic E-state index is 14.0. The summed E-state index contributed by atoms with van der Waals surface area (Å²) in [5.41, 5.74) is -0.228. The van der Waals surface area contributed by atoms with E-state index in [-0.39, 0.29) is 16.5 Å². The molecule has 10 heteroatoms. The molecule has 1 atom stereocenters. The number of carbonyl (C=O) groups excluding carboxylic acids is 1. The number of aromatic nitrogens is 2. The Morgan fingerprint density at radius 2 is 2.17 bits per heavy atom. The average Bonchev–Trinajstić information content (AvgIpc) is 3.15. The van der Waals surface area contributed by atoms with Gasteiger partial charge in [0.1, 0.15) is 11.9 Å². The molecule has 2 aromatic rings. The Morgan fingerprint density at radius 1 is 1.42 bits per heavy atom. The molecule has 7 nitrogen and oxygen atoms in total. The number of benzene rings is 1. The van der Waals surface area contributed by atoms with E-state index in [4.69, 9.17) is 16.0 Å². The standard InChI is InChI=1S/C14H13ClFN3O4S/c1-24(21,22)14-18-17-12(23-14)10-6-3-7-19(10)13(20)11-8(15)4-2-5-9(11)16/h2,4-5,10H,3,6-7H2,1H3/t10-/m0/s1. The highest BCUT2D eigenvalue weighted by Gasteiger charge is 2.36. The topological polar surface area (TPSA) is 93.4 Å². The molecule has 2 heterocycles. The van der Waals surface area contributed by atoms with Gasteiger partial charge in [-0.05, 0) is 25.0 Å². The second kappa shape index (κ2) is 6.14. The zero-order chi connectivity index (χ0) is 17.5. The van der Waals surface area contributed by atoms with E-state index in [2.05, 4.69) is 10.2 Å². The van der Waals surface area contributed by atoms with Crippen molar-refractivity contribution in [2.45, 2.75) is 24.1 Å². The molecular formula is C14H13ClFN3O4S. The smallest absolute Gasteiger partial charge is 0.335 e. The maximum Gasteiger partial charge on any atom is 0.335 e. The summed E-state index contributed by atoms with van der Waals surface area (Å²) in [6, 6.07) is 3.37. The summed E-state index contributed by atoms with van der Waals surface area (Å²) in [7, 11) is -3.64. The Labute approximate surface area is 142 Å². The molecule has 0 aliphatic carbocycles. The third-order valence-corrected chi connectivity index (χ3v) is 4.83. The predicted molar refractivity (Wildman–Crippen MR) is 81.8 cm³/mol.